The van der Waals surface area contributed by atoms with Gasteiger partial charge in [-0.15, -0.1) is 0 Å². The van der Waals surface area contributed by atoms with E-state index in [4.69, 9.17) is 16.3 Å². The minimum atomic E-state index is -0.396. The molecule has 0 atom stereocenters. The number of ether oxygens (including phenoxy) is 1. The predicted octanol–water partition coefficient (Wildman–Crippen LogP) is 2.61. The molecule has 0 radical (unpaired) electrons. The highest BCUT2D eigenvalue weighted by Crippen LogP contribution is 2.10. The second-order valence-electron chi connectivity index (χ2n) is 2.75. The third-order valence-corrected chi connectivity index (χ3v) is 1.93. The second kappa shape index (κ2) is 5.45. The van der Waals surface area contributed by atoms with Crippen molar-refractivity contribution >= 4 is 17.6 Å². The lowest BCUT2D eigenvalue weighted by Gasteiger charge is -2.02. The number of hydrogen-bond donors (Lipinski definition) is 0. The number of esters is 1. The van der Waals surface area contributed by atoms with Gasteiger partial charge in [-0.1, -0.05) is 30.3 Å². The molecule has 0 N–H and O–H groups in total. The molecule has 0 aliphatic rings. The van der Waals surface area contributed by atoms with Gasteiger partial charge in [0, 0.05) is 17.5 Å². The van der Waals surface area contributed by atoms with Crippen LogP contribution in [0.1, 0.15) is 5.56 Å². The van der Waals surface area contributed by atoms with Gasteiger partial charge in [0.1, 0.15) is 0 Å². The van der Waals surface area contributed by atoms with Crippen LogP contribution in [0.4, 0.5) is 0 Å². The van der Waals surface area contributed by atoms with Crippen LogP contribution in [0.5, 0.6) is 0 Å². The Morgan fingerprint density at radius 1 is 1.57 bits per heavy atom. The highest BCUT2D eigenvalue weighted by molar-refractivity contribution is 6.30. The number of halogens is 1. The molecule has 0 aliphatic carbocycles. The van der Waals surface area contributed by atoms with E-state index in [1.54, 1.807) is 6.07 Å². The summed E-state index contributed by atoms with van der Waals surface area (Å²) in [6.45, 7) is 3.66. The van der Waals surface area contributed by atoms with Crippen molar-refractivity contribution in [2.45, 2.75) is 6.42 Å². The van der Waals surface area contributed by atoms with E-state index in [9.17, 15) is 4.79 Å². The first kappa shape index (κ1) is 10.8. The van der Waals surface area contributed by atoms with Gasteiger partial charge < -0.3 is 4.74 Å². The fraction of sp³-hybridized carbons (Fsp3) is 0.182. The van der Waals surface area contributed by atoms with Gasteiger partial charge in [0.25, 0.3) is 0 Å². The van der Waals surface area contributed by atoms with E-state index in [2.05, 4.69) is 6.58 Å². The van der Waals surface area contributed by atoms with Gasteiger partial charge in [-0.05, 0) is 17.7 Å². The fourth-order valence-corrected chi connectivity index (χ4v) is 1.23. The Morgan fingerprint density at radius 2 is 2.36 bits per heavy atom. The highest BCUT2D eigenvalue weighted by Gasteiger charge is 1.97. The molecule has 2 nitrogen and oxygen atoms in total. The first-order chi connectivity index (χ1) is 6.72. The van der Waals surface area contributed by atoms with Crippen molar-refractivity contribution in [3.63, 3.8) is 0 Å². The summed E-state index contributed by atoms with van der Waals surface area (Å²) in [6, 6.07) is 7.46. The van der Waals surface area contributed by atoms with E-state index in [-0.39, 0.29) is 0 Å². The van der Waals surface area contributed by atoms with Gasteiger partial charge in [-0.3, -0.25) is 0 Å². The van der Waals surface area contributed by atoms with E-state index in [0.29, 0.717) is 18.1 Å². The third-order valence-electron chi connectivity index (χ3n) is 1.69. The van der Waals surface area contributed by atoms with Gasteiger partial charge in [0.15, 0.2) is 0 Å². The minimum Gasteiger partial charge on any atom is -0.462 e. The maximum atomic E-state index is 10.7. The third kappa shape index (κ3) is 3.62. The maximum absolute atomic E-state index is 10.7. The number of benzene rings is 1. The molecule has 74 valence electrons. The van der Waals surface area contributed by atoms with Crippen LogP contribution in [0.2, 0.25) is 5.02 Å². The topological polar surface area (TPSA) is 26.3 Å². The summed E-state index contributed by atoms with van der Waals surface area (Å²) in [7, 11) is 0. The lowest BCUT2D eigenvalue weighted by atomic mass is 10.2. The Morgan fingerprint density at radius 3 is 3.00 bits per heavy atom. The number of carbonyl (C=O) groups excluding carboxylic acids is 1. The first-order valence-corrected chi connectivity index (χ1v) is 4.64. The molecule has 0 aliphatic heterocycles. The summed E-state index contributed by atoms with van der Waals surface area (Å²) in [5.41, 5.74) is 1.05. The standard InChI is InChI=1S/C11H11ClO2/c1-2-11(13)14-7-6-9-4-3-5-10(12)8-9/h2-5,8H,1,6-7H2. The molecule has 0 amide bonds. The maximum Gasteiger partial charge on any atom is 0.330 e. The Kier molecular flexibility index (Phi) is 4.20. The molecule has 1 aromatic rings. The van der Waals surface area contributed by atoms with Crippen LogP contribution in [-0.2, 0) is 16.0 Å². The van der Waals surface area contributed by atoms with Gasteiger partial charge in [0.05, 0.1) is 6.61 Å². The monoisotopic (exact) mass is 210 g/mol. The Labute approximate surface area is 88.1 Å². The molecule has 0 saturated heterocycles. The van der Waals surface area contributed by atoms with E-state index in [0.717, 1.165) is 11.6 Å². The van der Waals surface area contributed by atoms with Crippen LogP contribution >= 0.6 is 11.6 Å². The van der Waals surface area contributed by atoms with Crippen molar-refractivity contribution in [3.05, 3.63) is 47.5 Å². The predicted molar refractivity (Wildman–Crippen MR) is 56.3 cm³/mol. The zero-order valence-electron chi connectivity index (χ0n) is 7.70. The zero-order chi connectivity index (χ0) is 10.4. The average molecular weight is 211 g/mol. The van der Waals surface area contributed by atoms with Gasteiger partial charge in [0.2, 0.25) is 0 Å². The molecule has 0 unspecified atom stereocenters. The van der Waals surface area contributed by atoms with Crippen molar-refractivity contribution in [1.82, 2.24) is 0 Å². The molecule has 0 aromatic heterocycles. The van der Waals surface area contributed by atoms with E-state index in [1.165, 1.54) is 0 Å². The summed E-state index contributed by atoms with van der Waals surface area (Å²) >= 11 is 5.79. The molecule has 0 saturated carbocycles. The van der Waals surface area contributed by atoms with Gasteiger partial charge in [-0.2, -0.15) is 0 Å². The summed E-state index contributed by atoms with van der Waals surface area (Å²) in [6.07, 6.45) is 1.82. The molecule has 1 aromatic carbocycles. The molecule has 0 heterocycles. The van der Waals surface area contributed by atoms with Crippen molar-refractivity contribution in [1.29, 1.82) is 0 Å². The van der Waals surface area contributed by atoms with Crippen molar-refractivity contribution in [2.75, 3.05) is 6.61 Å². The zero-order valence-corrected chi connectivity index (χ0v) is 8.46. The summed E-state index contributed by atoms with van der Waals surface area (Å²) in [5.74, 6) is -0.396. The normalized spacial score (nSPS) is 9.50. The molecular weight excluding hydrogens is 200 g/mol. The first-order valence-electron chi connectivity index (χ1n) is 4.26. The molecule has 14 heavy (non-hydrogen) atoms. The fourth-order valence-electron chi connectivity index (χ4n) is 1.02. The smallest absolute Gasteiger partial charge is 0.330 e. The van der Waals surface area contributed by atoms with Crippen LogP contribution in [0, 0.1) is 0 Å². The van der Waals surface area contributed by atoms with Crippen LogP contribution < -0.4 is 0 Å². The second-order valence-corrected chi connectivity index (χ2v) is 3.19. The molecule has 3 heteroatoms. The van der Waals surface area contributed by atoms with E-state index in [1.807, 2.05) is 18.2 Å². The van der Waals surface area contributed by atoms with Crippen molar-refractivity contribution < 1.29 is 9.53 Å². The quantitative estimate of drug-likeness (QED) is 0.564. The Hall–Kier alpha value is -1.28. The van der Waals surface area contributed by atoms with Crippen molar-refractivity contribution in [3.8, 4) is 0 Å². The average Bonchev–Trinajstić information content (AvgIpc) is 2.17. The van der Waals surface area contributed by atoms with Gasteiger partial charge >= 0.3 is 5.97 Å². The van der Waals surface area contributed by atoms with E-state index >= 15 is 0 Å². The largest absolute Gasteiger partial charge is 0.462 e. The minimum absolute atomic E-state index is 0.352. The summed E-state index contributed by atoms with van der Waals surface area (Å²) < 4.78 is 4.83. The van der Waals surface area contributed by atoms with Crippen LogP contribution in [0.25, 0.3) is 0 Å². The lowest BCUT2D eigenvalue weighted by molar-refractivity contribution is -0.137. The summed E-state index contributed by atoms with van der Waals surface area (Å²) in [5, 5.41) is 0.692. The lowest BCUT2D eigenvalue weighted by Crippen LogP contribution is -2.04. The molecular formula is C11H11ClO2. The highest BCUT2D eigenvalue weighted by atomic mass is 35.5. The molecule has 0 bridgehead atoms. The molecule has 1 rings (SSSR count). The number of carbonyl (C=O) groups is 1. The number of rotatable bonds is 4. The Balaban J connectivity index is 2.38. The molecule has 0 spiro atoms. The SMILES string of the molecule is C=CC(=O)OCCc1cccc(Cl)c1. The van der Waals surface area contributed by atoms with Crippen LogP contribution in [0.15, 0.2) is 36.9 Å². The van der Waals surface area contributed by atoms with Crippen LogP contribution in [0.3, 0.4) is 0 Å². The molecule has 0 fully saturated rings. The van der Waals surface area contributed by atoms with Gasteiger partial charge in [-0.25, -0.2) is 4.79 Å². The summed E-state index contributed by atoms with van der Waals surface area (Å²) in [4.78, 5) is 10.7. The van der Waals surface area contributed by atoms with E-state index < -0.39 is 5.97 Å². The van der Waals surface area contributed by atoms with Crippen LogP contribution in [-0.4, -0.2) is 12.6 Å². The van der Waals surface area contributed by atoms with Crippen molar-refractivity contribution in [2.24, 2.45) is 0 Å². The number of hydrogen-bond acceptors (Lipinski definition) is 2. The Bertz CT molecular complexity index is 334.